The van der Waals surface area contributed by atoms with Crippen molar-refractivity contribution in [2.75, 3.05) is 25.5 Å². The lowest BCUT2D eigenvalue weighted by Crippen LogP contribution is -2.70. The van der Waals surface area contributed by atoms with E-state index in [-0.39, 0.29) is 12.5 Å². The van der Waals surface area contributed by atoms with Crippen LogP contribution < -0.4 is 16.1 Å². The fraction of sp³-hybridized carbons (Fsp3) is 0.385. The first-order valence-electron chi connectivity index (χ1n) is 12.1. The van der Waals surface area contributed by atoms with Crippen LogP contribution >= 0.6 is 0 Å². The molecule has 1 aromatic heterocycles. The second-order valence-corrected chi connectivity index (χ2v) is 10.0. The molecule has 2 aromatic rings. The third kappa shape index (κ3) is 3.29. The highest BCUT2D eigenvalue weighted by Gasteiger charge is 2.63. The van der Waals surface area contributed by atoms with Gasteiger partial charge in [-0.1, -0.05) is 12.1 Å². The molecule has 0 bridgehead atoms. The summed E-state index contributed by atoms with van der Waals surface area (Å²) in [5.74, 6) is -2.56. The van der Waals surface area contributed by atoms with E-state index in [0.29, 0.717) is 18.5 Å². The van der Waals surface area contributed by atoms with Crippen molar-refractivity contribution < 1.29 is 24.3 Å². The van der Waals surface area contributed by atoms with Gasteiger partial charge in [-0.15, -0.1) is 0 Å². The lowest BCUT2D eigenvalue weighted by atomic mass is 9.68. The summed E-state index contributed by atoms with van der Waals surface area (Å²) in [4.78, 5) is 80.8. The van der Waals surface area contributed by atoms with E-state index in [1.165, 1.54) is 34.3 Å². The Morgan fingerprint density at radius 3 is 2.32 bits per heavy atom. The third-order valence-corrected chi connectivity index (χ3v) is 7.96. The summed E-state index contributed by atoms with van der Waals surface area (Å²) in [6, 6.07) is 4.37. The molecule has 2 saturated heterocycles. The second-order valence-electron chi connectivity index (χ2n) is 10.0. The van der Waals surface area contributed by atoms with Gasteiger partial charge in [-0.05, 0) is 48.6 Å². The Morgan fingerprint density at radius 1 is 1.00 bits per heavy atom. The van der Waals surface area contributed by atoms with E-state index in [2.05, 4.69) is 4.90 Å². The zero-order valence-corrected chi connectivity index (χ0v) is 21.4. The number of benzene rings is 1. The summed E-state index contributed by atoms with van der Waals surface area (Å²) in [7, 11) is 5.23. The van der Waals surface area contributed by atoms with Crippen LogP contribution in [-0.4, -0.2) is 74.4 Å². The molecule has 1 aromatic carbocycles. The molecular weight excluding hydrogens is 494 g/mol. The van der Waals surface area contributed by atoms with Gasteiger partial charge in [0.2, 0.25) is 17.7 Å². The number of carbonyl (C=O) groups excluding carboxylic acids is 4. The number of hydrogen-bond acceptors (Lipinski definition) is 8. The van der Waals surface area contributed by atoms with E-state index in [0.717, 1.165) is 42.7 Å². The number of anilines is 1. The summed E-state index contributed by atoms with van der Waals surface area (Å²) >= 11 is 0. The maximum absolute atomic E-state index is 13.5. The van der Waals surface area contributed by atoms with Gasteiger partial charge in [0.15, 0.2) is 11.2 Å². The van der Waals surface area contributed by atoms with Crippen LogP contribution in [0.15, 0.2) is 33.9 Å². The summed E-state index contributed by atoms with van der Waals surface area (Å²) in [6.07, 6.45) is 4.11. The van der Waals surface area contributed by atoms with Gasteiger partial charge in [-0.2, -0.15) is 0 Å². The summed E-state index contributed by atoms with van der Waals surface area (Å²) in [6.45, 7) is 0.657. The predicted octanol–water partition coefficient (Wildman–Crippen LogP) is 0.247. The van der Waals surface area contributed by atoms with Gasteiger partial charge in [-0.25, -0.2) is 9.59 Å². The molecule has 1 atom stereocenters. The molecule has 5 rings (SSSR count). The number of carbonyl (C=O) groups is 4. The van der Waals surface area contributed by atoms with E-state index >= 15 is 0 Å². The first-order valence-corrected chi connectivity index (χ1v) is 12.1. The van der Waals surface area contributed by atoms with Crippen LogP contribution in [0.4, 0.5) is 10.5 Å². The summed E-state index contributed by atoms with van der Waals surface area (Å²) < 4.78 is 1.55. The molecule has 2 fully saturated rings. The topological polar surface area (TPSA) is 142 Å². The lowest BCUT2D eigenvalue weighted by molar-refractivity contribution is -0.159. The average molecular weight is 522 g/mol. The highest BCUT2D eigenvalue weighted by molar-refractivity contribution is 6.20. The molecule has 198 valence electrons. The van der Waals surface area contributed by atoms with Gasteiger partial charge in [0.25, 0.3) is 5.56 Å². The van der Waals surface area contributed by atoms with Crippen molar-refractivity contribution in [1.29, 1.82) is 0 Å². The SMILES string of the molecule is CN1C(=O)N(C)C(=O)C2(Cc3cc(/C=C/C(=O)c4c(O)n(C)c(=O)n(C)c4=O)ccc3N3CCCC32)C1=O. The number of imide groups is 2. The summed E-state index contributed by atoms with van der Waals surface area (Å²) in [5, 5.41) is 10.2. The van der Waals surface area contributed by atoms with Crippen LogP contribution in [0.5, 0.6) is 5.88 Å². The first kappa shape index (κ1) is 25.2. The van der Waals surface area contributed by atoms with Gasteiger partial charge in [0.05, 0.1) is 6.04 Å². The number of fused-ring (bicyclic) bond motifs is 4. The van der Waals surface area contributed by atoms with Gasteiger partial charge in [-0.3, -0.25) is 38.1 Å². The number of aromatic hydroxyl groups is 1. The van der Waals surface area contributed by atoms with Crippen molar-refractivity contribution >= 4 is 35.4 Å². The Kier molecular flexibility index (Phi) is 5.66. The van der Waals surface area contributed by atoms with Crippen molar-refractivity contribution in [3.8, 4) is 5.88 Å². The highest BCUT2D eigenvalue weighted by Crippen LogP contribution is 2.49. The molecule has 12 nitrogen and oxygen atoms in total. The zero-order chi connectivity index (χ0) is 27.7. The van der Waals surface area contributed by atoms with E-state index in [1.54, 1.807) is 12.1 Å². The lowest BCUT2D eigenvalue weighted by Gasteiger charge is -2.50. The number of rotatable bonds is 3. The number of nitrogens with zero attached hydrogens (tertiary/aromatic N) is 5. The number of amides is 4. The minimum atomic E-state index is -1.44. The van der Waals surface area contributed by atoms with Gasteiger partial charge in [0, 0.05) is 40.4 Å². The van der Waals surface area contributed by atoms with Gasteiger partial charge >= 0.3 is 11.7 Å². The predicted molar refractivity (Wildman–Crippen MR) is 136 cm³/mol. The number of urea groups is 1. The minimum Gasteiger partial charge on any atom is -0.494 e. The molecule has 0 radical (unpaired) electrons. The molecule has 12 heteroatoms. The van der Waals surface area contributed by atoms with Crippen LogP contribution in [0.2, 0.25) is 0 Å². The second kappa shape index (κ2) is 8.54. The normalized spacial score (nSPS) is 20.5. The Balaban J connectivity index is 1.54. The van der Waals surface area contributed by atoms with Gasteiger partial charge < -0.3 is 10.0 Å². The molecule has 1 unspecified atom stereocenters. The van der Waals surface area contributed by atoms with Crippen LogP contribution in [-0.2, 0) is 30.1 Å². The van der Waals surface area contributed by atoms with Crippen molar-refractivity contribution in [3.63, 3.8) is 0 Å². The molecule has 0 aliphatic carbocycles. The largest absolute Gasteiger partial charge is 0.494 e. The zero-order valence-electron chi connectivity index (χ0n) is 21.4. The van der Waals surface area contributed by atoms with Crippen molar-refractivity contribution in [1.82, 2.24) is 18.9 Å². The number of barbiturate groups is 1. The molecule has 1 spiro atoms. The number of aromatic nitrogens is 2. The maximum Gasteiger partial charge on any atom is 0.333 e. The first-order chi connectivity index (χ1) is 17.9. The molecule has 3 aliphatic heterocycles. The van der Waals surface area contributed by atoms with E-state index < -0.39 is 51.7 Å². The maximum atomic E-state index is 13.5. The van der Waals surface area contributed by atoms with Crippen LogP contribution in [0.25, 0.3) is 6.08 Å². The number of allylic oxidation sites excluding steroid dienone is 1. The van der Waals surface area contributed by atoms with Crippen molar-refractivity contribution in [2.24, 2.45) is 19.5 Å². The van der Waals surface area contributed by atoms with Crippen molar-refractivity contribution in [2.45, 2.75) is 25.3 Å². The molecule has 3 aliphatic rings. The Labute approximate surface area is 217 Å². The quantitative estimate of drug-likeness (QED) is 0.344. The third-order valence-electron chi connectivity index (χ3n) is 7.96. The molecule has 4 amide bonds. The summed E-state index contributed by atoms with van der Waals surface area (Å²) in [5.41, 5.74) is -1.47. The van der Waals surface area contributed by atoms with Crippen molar-refractivity contribution in [3.05, 3.63) is 61.8 Å². The Hall–Kier alpha value is -4.48. The fourth-order valence-electron chi connectivity index (χ4n) is 5.95. The molecule has 0 saturated carbocycles. The monoisotopic (exact) mass is 521 g/mol. The Morgan fingerprint density at radius 2 is 1.66 bits per heavy atom. The number of hydrogen-bond donors (Lipinski definition) is 1. The molecule has 38 heavy (non-hydrogen) atoms. The van der Waals surface area contributed by atoms with Gasteiger partial charge in [0.1, 0.15) is 5.56 Å². The fourth-order valence-corrected chi connectivity index (χ4v) is 5.95. The van der Waals surface area contributed by atoms with Crippen LogP contribution in [0, 0.1) is 5.41 Å². The molecular formula is C26H27N5O7. The molecule has 1 N–H and O–H groups in total. The van der Waals surface area contributed by atoms with Crippen LogP contribution in [0.1, 0.15) is 34.3 Å². The number of ketones is 1. The average Bonchev–Trinajstić information content (AvgIpc) is 3.41. The highest BCUT2D eigenvalue weighted by atomic mass is 16.3. The minimum absolute atomic E-state index is 0.0981. The van der Waals surface area contributed by atoms with E-state index in [1.807, 2.05) is 6.07 Å². The Bertz CT molecular complexity index is 1560. The van der Waals surface area contributed by atoms with E-state index in [9.17, 15) is 33.9 Å². The smallest absolute Gasteiger partial charge is 0.333 e. The standard InChI is InChI=1S/C26H27N5O7/c1-27-20(33)19(21(34)28(2)24(27)37)17(32)10-8-14-7-9-16-15(12-14)13-26(18-6-5-11-31(16)18)22(35)29(3)25(38)30(4)23(26)36/h7-10,12,18,33H,5-6,11,13H2,1-4H3/b10-8+. The van der Waals surface area contributed by atoms with Crippen LogP contribution in [0.3, 0.4) is 0 Å². The van der Waals surface area contributed by atoms with E-state index in [4.69, 9.17) is 0 Å². The molecule has 4 heterocycles.